The number of nitrogens with zero attached hydrogens (tertiary/aromatic N) is 3. The summed E-state index contributed by atoms with van der Waals surface area (Å²) in [6, 6.07) is 12.4. The van der Waals surface area contributed by atoms with Gasteiger partial charge in [-0.15, -0.1) is 0 Å². The number of anilines is 1. The number of piperidine rings is 1. The lowest BCUT2D eigenvalue weighted by Crippen LogP contribution is -2.52. The number of carbonyl (C=O) groups is 3. The van der Waals surface area contributed by atoms with Gasteiger partial charge in [0.2, 0.25) is 11.8 Å². The van der Waals surface area contributed by atoms with Gasteiger partial charge < -0.3 is 14.8 Å². The number of hydrogen-bond donors (Lipinski definition) is 2. The van der Waals surface area contributed by atoms with Crippen LogP contribution in [-0.2, 0) is 22.7 Å². The number of benzene rings is 2. The second-order valence-electron chi connectivity index (χ2n) is 9.50. The Morgan fingerprint density at radius 1 is 1.00 bits per heavy atom. The molecule has 1 aromatic heterocycles. The van der Waals surface area contributed by atoms with Crippen molar-refractivity contribution in [1.29, 1.82) is 0 Å². The molecule has 9 heteroatoms. The molecular weight excluding hydrogens is 449 g/mol. The number of para-hydroxylation sites is 1. The van der Waals surface area contributed by atoms with Gasteiger partial charge in [-0.05, 0) is 36.1 Å². The number of fused-ring (bicyclic) bond motifs is 2. The molecule has 2 saturated heterocycles. The number of amides is 3. The Bertz CT molecular complexity index is 1310. The highest BCUT2D eigenvalue weighted by atomic mass is 19.1. The predicted octanol–water partition coefficient (Wildman–Crippen LogP) is 2.39. The number of carbonyl (C=O) groups excluding carboxylic acids is 3. The van der Waals surface area contributed by atoms with Crippen molar-refractivity contribution >= 4 is 34.3 Å². The van der Waals surface area contributed by atoms with Gasteiger partial charge in [0.15, 0.2) is 0 Å². The van der Waals surface area contributed by atoms with Gasteiger partial charge in [-0.25, -0.2) is 4.39 Å². The zero-order valence-corrected chi connectivity index (χ0v) is 19.2. The Labute approximate surface area is 201 Å². The Morgan fingerprint density at radius 3 is 2.57 bits per heavy atom. The Balaban J connectivity index is 1.17. The quantitative estimate of drug-likeness (QED) is 0.566. The molecule has 1 unspecified atom stereocenters. The molecule has 2 N–H and O–H groups in total. The van der Waals surface area contributed by atoms with Crippen molar-refractivity contribution in [2.24, 2.45) is 0 Å². The normalized spacial score (nSPS) is 21.1. The van der Waals surface area contributed by atoms with E-state index < -0.39 is 17.8 Å². The lowest BCUT2D eigenvalue weighted by Gasteiger charge is -2.37. The molecule has 0 saturated carbocycles. The Hall–Kier alpha value is -3.72. The molecule has 180 valence electrons. The van der Waals surface area contributed by atoms with Crippen molar-refractivity contribution in [3.8, 4) is 0 Å². The van der Waals surface area contributed by atoms with E-state index in [1.165, 1.54) is 22.4 Å². The number of piperazine rings is 1. The first-order valence-electron chi connectivity index (χ1n) is 12.0. The molecule has 0 aliphatic carbocycles. The molecule has 3 amide bonds. The first kappa shape index (κ1) is 21.8. The van der Waals surface area contributed by atoms with Crippen LogP contribution in [0.15, 0.2) is 42.5 Å². The summed E-state index contributed by atoms with van der Waals surface area (Å²) >= 11 is 0. The molecule has 8 nitrogen and oxygen atoms in total. The number of hydrogen-bond acceptors (Lipinski definition) is 5. The second kappa shape index (κ2) is 8.49. The van der Waals surface area contributed by atoms with E-state index in [1.54, 1.807) is 0 Å². The summed E-state index contributed by atoms with van der Waals surface area (Å²) in [6.07, 6.45) is 0.477. The van der Waals surface area contributed by atoms with Crippen LogP contribution in [0.25, 0.3) is 10.9 Å². The maximum atomic E-state index is 14.6. The fraction of sp³-hybridized carbons (Fsp3) is 0.346. The average Bonchev–Trinajstić information content (AvgIpc) is 3.40. The zero-order valence-electron chi connectivity index (χ0n) is 19.2. The third-order valence-electron chi connectivity index (χ3n) is 7.29. The van der Waals surface area contributed by atoms with Crippen LogP contribution in [0.2, 0.25) is 0 Å². The summed E-state index contributed by atoms with van der Waals surface area (Å²) in [5.41, 5.74) is 4.07. The third kappa shape index (κ3) is 3.95. The summed E-state index contributed by atoms with van der Waals surface area (Å²) in [5.74, 6) is -1.60. The van der Waals surface area contributed by atoms with E-state index in [9.17, 15) is 18.8 Å². The maximum Gasteiger partial charge on any atom is 0.255 e. The number of aromatic nitrogens is 1. The minimum absolute atomic E-state index is 0.191. The van der Waals surface area contributed by atoms with Crippen molar-refractivity contribution < 1.29 is 18.8 Å². The lowest BCUT2D eigenvalue weighted by atomic mass is 10.0. The summed E-state index contributed by atoms with van der Waals surface area (Å²) in [6.45, 7) is 4.10. The van der Waals surface area contributed by atoms with Crippen molar-refractivity contribution in [1.82, 2.24) is 20.1 Å². The Kier molecular flexibility index (Phi) is 5.29. The van der Waals surface area contributed by atoms with Crippen LogP contribution < -0.4 is 10.2 Å². The summed E-state index contributed by atoms with van der Waals surface area (Å²) in [7, 11) is 0. The summed E-state index contributed by atoms with van der Waals surface area (Å²) in [4.78, 5) is 46.4. The number of nitrogens with one attached hydrogen (secondary N) is 2. The van der Waals surface area contributed by atoms with E-state index in [0.29, 0.717) is 24.3 Å². The van der Waals surface area contributed by atoms with Gasteiger partial charge in [0.05, 0.1) is 0 Å². The SMILES string of the molecule is O=C1CCC(N2Cc3c(cc(F)cc3N3CCN(Cc4cc5ccccc5[nH]4)CC3)C2=O)C(=O)N1. The van der Waals surface area contributed by atoms with Crippen LogP contribution in [0, 0.1) is 5.82 Å². The largest absolute Gasteiger partial charge is 0.369 e. The highest BCUT2D eigenvalue weighted by Gasteiger charge is 2.41. The molecule has 0 radical (unpaired) electrons. The molecule has 3 aliphatic rings. The molecule has 4 heterocycles. The highest BCUT2D eigenvalue weighted by molar-refractivity contribution is 6.06. The van der Waals surface area contributed by atoms with Gasteiger partial charge in [-0.1, -0.05) is 18.2 Å². The average molecular weight is 476 g/mol. The van der Waals surface area contributed by atoms with Crippen LogP contribution in [0.5, 0.6) is 0 Å². The molecule has 35 heavy (non-hydrogen) atoms. The van der Waals surface area contributed by atoms with Gasteiger partial charge in [0.1, 0.15) is 11.9 Å². The molecule has 6 rings (SSSR count). The van der Waals surface area contributed by atoms with Crippen LogP contribution >= 0.6 is 0 Å². The van der Waals surface area contributed by atoms with Crippen molar-refractivity contribution in [2.45, 2.75) is 32.0 Å². The number of H-pyrrole nitrogens is 1. The van der Waals surface area contributed by atoms with Gasteiger partial charge in [-0.3, -0.25) is 24.6 Å². The zero-order chi connectivity index (χ0) is 24.1. The number of halogens is 1. The Morgan fingerprint density at radius 2 is 1.80 bits per heavy atom. The van der Waals surface area contributed by atoms with E-state index >= 15 is 0 Å². The smallest absolute Gasteiger partial charge is 0.255 e. The monoisotopic (exact) mass is 475 g/mol. The second-order valence-corrected chi connectivity index (χ2v) is 9.50. The van der Waals surface area contributed by atoms with Crippen molar-refractivity contribution in [3.63, 3.8) is 0 Å². The summed E-state index contributed by atoms with van der Waals surface area (Å²) in [5, 5.41) is 3.51. The summed E-state index contributed by atoms with van der Waals surface area (Å²) < 4.78 is 14.6. The standard InChI is InChI=1S/C26H26FN5O3/c27-17-12-19-20(15-32(26(19)35)22-5-6-24(33)29-25(22)34)23(13-17)31-9-7-30(8-10-31)14-18-11-16-3-1-2-4-21(16)28-18/h1-4,11-13,22,28H,5-10,14-15H2,(H,29,33,34). The van der Waals surface area contributed by atoms with Crippen LogP contribution in [-0.4, -0.2) is 64.7 Å². The lowest BCUT2D eigenvalue weighted by molar-refractivity contribution is -0.136. The molecule has 0 spiro atoms. The van der Waals surface area contributed by atoms with Gasteiger partial charge in [-0.2, -0.15) is 0 Å². The molecule has 3 aliphatic heterocycles. The van der Waals surface area contributed by atoms with Crippen LogP contribution in [0.3, 0.4) is 0 Å². The van der Waals surface area contributed by atoms with E-state index in [1.807, 2.05) is 12.1 Å². The predicted molar refractivity (Wildman–Crippen MR) is 128 cm³/mol. The molecule has 2 aromatic carbocycles. The highest BCUT2D eigenvalue weighted by Crippen LogP contribution is 2.35. The number of aromatic amines is 1. The molecule has 0 bridgehead atoms. The van der Waals surface area contributed by atoms with E-state index in [2.05, 4.69) is 38.3 Å². The fourth-order valence-corrected chi connectivity index (χ4v) is 5.50. The number of rotatable bonds is 4. The van der Waals surface area contributed by atoms with E-state index in [-0.39, 0.29) is 31.2 Å². The first-order chi connectivity index (χ1) is 17.0. The van der Waals surface area contributed by atoms with Crippen molar-refractivity contribution in [2.75, 3.05) is 31.1 Å². The molecule has 3 aromatic rings. The topological polar surface area (TPSA) is 88.8 Å². The van der Waals surface area contributed by atoms with E-state index in [0.717, 1.165) is 36.4 Å². The minimum atomic E-state index is -0.711. The first-order valence-corrected chi connectivity index (χ1v) is 12.0. The van der Waals surface area contributed by atoms with Gasteiger partial charge >= 0.3 is 0 Å². The molecular formula is C26H26FN5O3. The fourth-order valence-electron chi connectivity index (χ4n) is 5.50. The number of imide groups is 1. The minimum Gasteiger partial charge on any atom is -0.369 e. The van der Waals surface area contributed by atoms with E-state index in [4.69, 9.17) is 0 Å². The van der Waals surface area contributed by atoms with Gasteiger partial charge in [0, 0.05) is 73.7 Å². The maximum absolute atomic E-state index is 14.6. The van der Waals surface area contributed by atoms with Crippen LogP contribution in [0.4, 0.5) is 10.1 Å². The van der Waals surface area contributed by atoms with Crippen molar-refractivity contribution in [3.05, 3.63) is 65.1 Å². The van der Waals surface area contributed by atoms with Crippen LogP contribution in [0.1, 0.15) is 34.5 Å². The van der Waals surface area contributed by atoms with Gasteiger partial charge in [0.25, 0.3) is 5.91 Å². The molecule has 1 atom stereocenters. The molecule has 2 fully saturated rings. The third-order valence-corrected chi connectivity index (χ3v) is 7.29.